The fraction of sp³-hybridized carbons (Fsp3) is 0.286. The van der Waals surface area contributed by atoms with Gasteiger partial charge in [0, 0.05) is 5.56 Å². The number of hydrazone groups is 1. The number of unbranched alkanes of at least 4 members (excludes halogenated alkanes) is 1. The van der Waals surface area contributed by atoms with Crippen LogP contribution in [0.3, 0.4) is 0 Å². The summed E-state index contributed by atoms with van der Waals surface area (Å²) < 4.78 is 16.1. The molecule has 0 fully saturated rings. The lowest BCUT2D eigenvalue weighted by Crippen LogP contribution is -2.34. The Morgan fingerprint density at radius 2 is 1.93 bits per heavy atom. The molecule has 0 aliphatic carbocycles. The molecule has 2 aromatic rings. The van der Waals surface area contributed by atoms with Crippen molar-refractivity contribution in [2.75, 3.05) is 19.9 Å². The van der Waals surface area contributed by atoms with Crippen LogP contribution in [0.25, 0.3) is 0 Å². The van der Waals surface area contributed by atoms with Gasteiger partial charge in [-0.05, 0) is 54.4 Å². The average molecular weight is 397 g/mol. The molecule has 0 saturated carbocycles. The minimum Gasteiger partial charge on any atom is -0.494 e. The van der Waals surface area contributed by atoms with Gasteiger partial charge in [-0.3, -0.25) is 9.59 Å². The number of rotatable bonds is 9. The summed E-state index contributed by atoms with van der Waals surface area (Å²) in [6.45, 7) is 2.75. The molecule has 0 spiro atoms. The number of carbonyl (C=O) groups excluding carboxylic acids is 2. The van der Waals surface area contributed by atoms with E-state index in [0.29, 0.717) is 29.4 Å². The molecule has 152 valence electrons. The molecular weight excluding hydrogens is 374 g/mol. The van der Waals surface area contributed by atoms with Crippen molar-refractivity contribution in [2.24, 2.45) is 5.10 Å². The van der Waals surface area contributed by atoms with Crippen LogP contribution >= 0.6 is 0 Å². The fourth-order valence-electron chi connectivity index (χ4n) is 2.51. The van der Waals surface area contributed by atoms with Crippen molar-refractivity contribution in [1.29, 1.82) is 0 Å². The molecule has 1 aliphatic heterocycles. The SMILES string of the molecule is CCCCOc1ccc(C(=O)NCC(=O)N/N=C/c2ccc3c(c2)OCO3)cc1. The number of benzene rings is 2. The van der Waals surface area contributed by atoms with Gasteiger partial charge in [-0.1, -0.05) is 13.3 Å². The van der Waals surface area contributed by atoms with Gasteiger partial charge in [0.15, 0.2) is 11.5 Å². The summed E-state index contributed by atoms with van der Waals surface area (Å²) >= 11 is 0. The maximum absolute atomic E-state index is 12.1. The zero-order valence-electron chi connectivity index (χ0n) is 16.1. The van der Waals surface area contributed by atoms with Crippen LogP contribution < -0.4 is 25.0 Å². The van der Waals surface area contributed by atoms with Crippen LogP contribution in [0, 0.1) is 0 Å². The smallest absolute Gasteiger partial charge is 0.259 e. The molecule has 1 heterocycles. The van der Waals surface area contributed by atoms with E-state index in [0.717, 1.165) is 18.4 Å². The van der Waals surface area contributed by atoms with Crippen molar-refractivity contribution < 1.29 is 23.8 Å². The second-order valence-corrected chi connectivity index (χ2v) is 6.31. The van der Waals surface area contributed by atoms with Crippen molar-refractivity contribution in [2.45, 2.75) is 19.8 Å². The molecule has 0 saturated heterocycles. The third kappa shape index (κ3) is 5.97. The fourth-order valence-corrected chi connectivity index (χ4v) is 2.51. The standard InChI is InChI=1S/C21H23N3O5/c1-2-3-10-27-17-7-5-16(6-8-17)21(26)22-13-20(25)24-23-12-15-4-9-18-19(11-15)29-14-28-18/h4-9,11-12H,2-3,10,13-14H2,1H3,(H,22,26)(H,24,25)/b23-12+. The first-order chi connectivity index (χ1) is 14.2. The van der Waals surface area contributed by atoms with Crippen LogP contribution in [-0.2, 0) is 4.79 Å². The zero-order chi connectivity index (χ0) is 20.5. The van der Waals surface area contributed by atoms with Gasteiger partial charge in [-0.15, -0.1) is 0 Å². The minimum atomic E-state index is -0.435. The maximum Gasteiger partial charge on any atom is 0.259 e. The largest absolute Gasteiger partial charge is 0.494 e. The highest BCUT2D eigenvalue weighted by Gasteiger charge is 2.12. The van der Waals surface area contributed by atoms with Gasteiger partial charge in [0.25, 0.3) is 11.8 Å². The molecule has 29 heavy (non-hydrogen) atoms. The van der Waals surface area contributed by atoms with Crippen LogP contribution in [-0.4, -0.2) is 38.0 Å². The average Bonchev–Trinajstić information content (AvgIpc) is 3.20. The van der Waals surface area contributed by atoms with Gasteiger partial charge in [-0.2, -0.15) is 5.10 Å². The van der Waals surface area contributed by atoms with Gasteiger partial charge < -0.3 is 19.5 Å². The first-order valence-corrected chi connectivity index (χ1v) is 9.38. The molecule has 0 bridgehead atoms. The van der Waals surface area contributed by atoms with Gasteiger partial charge in [0.2, 0.25) is 6.79 Å². The first kappa shape index (κ1) is 20.2. The summed E-state index contributed by atoms with van der Waals surface area (Å²) in [5.74, 6) is 1.24. The molecular formula is C21H23N3O5. The number of ether oxygens (including phenoxy) is 3. The molecule has 2 N–H and O–H groups in total. The van der Waals surface area contributed by atoms with E-state index in [1.54, 1.807) is 42.5 Å². The van der Waals surface area contributed by atoms with E-state index < -0.39 is 5.91 Å². The Balaban J connectivity index is 1.41. The second-order valence-electron chi connectivity index (χ2n) is 6.31. The Labute approximate surface area is 168 Å². The van der Waals surface area contributed by atoms with Crippen LogP contribution in [0.15, 0.2) is 47.6 Å². The third-order valence-electron chi connectivity index (χ3n) is 4.09. The minimum absolute atomic E-state index is 0.188. The van der Waals surface area contributed by atoms with Crippen LogP contribution in [0.5, 0.6) is 17.2 Å². The van der Waals surface area contributed by atoms with Crippen LogP contribution in [0.4, 0.5) is 0 Å². The Kier molecular flexibility index (Phi) is 7.05. The van der Waals surface area contributed by atoms with Crippen molar-refractivity contribution in [3.05, 3.63) is 53.6 Å². The molecule has 8 nitrogen and oxygen atoms in total. The number of carbonyl (C=O) groups is 2. The van der Waals surface area contributed by atoms with Crippen LogP contribution in [0.1, 0.15) is 35.7 Å². The van der Waals surface area contributed by atoms with Crippen molar-refractivity contribution in [3.63, 3.8) is 0 Å². The van der Waals surface area contributed by atoms with Crippen LogP contribution in [0.2, 0.25) is 0 Å². The van der Waals surface area contributed by atoms with Gasteiger partial charge in [0.05, 0.1) is 19.4 Å². The molecule has 2 amide bonds. The van der Waals surface area contributed by atoms with E-state index in [4.69, 9.17) is 14.2 Å². The number of nitrogens with one attached hydrogen (secondary N) is 2. The van der Waals surface area contributed by atoms with Crippen molar-refractivity contribution in [1.82, 2.24) is 10.7 Å². The summed E-state index contributed by atoms with van der Waals surface area (Å²) in [6.07, 6.45) is 3.52. The normalized spacial score (nSPS) is 12.0. The van der Waals surface area contributed by atoms with E-state index in [2.05, 4.69) is 22.8 Å². The first-order valence-electron chi connectivity index (χ1n) is 9.38. The quantitative estimate of drug-likeness (QED) is 0.385. The molecule has 3 rings (SSSR count). The number of hydrogen-bond acceptors (Lipinski definition) is 6. The Bertz CT molecular complexity index is 880. The lowest BCUT2D eigenvalue weighted by Gasteiger charge is -2.07. The predicted octanol–water partition coefficient (Wildman–Crippen LogP) is 2.47. The summed E-state index contributed by atoms with van der Waals surface area (Å²) in [6, 6.07) is 12.1. The second kappa shape index (κ2) is 10.1. The van der Waals surface area contributed by atoms with Gasteiger partial charge in [-0.25, -0.2) is 5.43 Å². The van der Waals surface area contributed by atoms with E-state index in [1.165, 1.54) is 6.21 Å². The molecule has 0 aromatic heterocycles. The number of hydrogen-bond donors (Lipinski definition) is 2. The maximum atomic E-state index is 12.1. The number of nitrogens with zero attached hydrogens (tertiary/aromatic N) is 1. The van der Waals surface area contributed by atoms with E-state index in [1.807, 2.05) is 0 Å². The van der Waals surface area contributed by atoms with E-state index in [9.17, 15) is 9.59 Å². The summed E-state index contributed by atoms with van der Waals surface area (Å²) in [4.78, 5) is 24.0. The molecule has 0 atom stereocenters. The molecule has 1 aliphatic rings. The molecule has 2 aromatic carbocycles. The summed E-state index contributed by atoms with van der Waals surface area (Å²) in [5.41, 5.74) is 3.57. The molecule has 0 radical (unpaired) electrons. The van der Waals surface area contributed by atoms with E-state index >= 15 is 0 Å². The third-order valence-corrected chi connectivity index (χ3v) is 4.09. The molecule has 0 unspecified atom stereocenters. The Hall–Kier alpha value is -3.55. The van der Waals surface area contributed by atoms with Crippen molar-refractivity contribution >= 4 is 18.0 Å². The lowest BCUT2D eigenvalue weighted by molar-refractivity contribution is -0.120. The zero-order valence-corrected chi connectivity index (χ0v) is 16.1. The Morgan fingerprint density at radius 1 is 1.14 bits per heavy atom. The molecule has 8 heteroatoms. The lowest BCUT2D eigenvalue weighted by atomic mass is 10.2. The highest BCUT2D eigenvalue weighted by atomic mass is 16.7. The number of amides is 2. The highest BCUT2D eigenvalue weighted by Crippen LogP contribution is 2.31. The van der Waals surface area contributed by atoms with Gasteiger partial charge in [0.1, 0.15) is 5.75 Å². The van der Waals surface area contributed by atoms with Crippen molar-refractivity contribution in [3.8, 4) is 17.2 Å². The predicted molar refractivity (Wildman–Crippen MR) is 107 cm³/mol. The summed E-state index contributed by atoms with van der Waals surface area (Å²) in [5, 5.41) is 6.43. The highest BCUT2D eigenvalue weighted by molar-refractivity contribution is 5.96. The monoisotopic (exact) mass is 397 g/mol. The van der Waals surface area contributed by atoms with Gasteiger partial charge >= 0.3 is 0 Å². The topological polar surface area (TPSA) is 98.2 Å². The van der Waals surface area contributed by atoms with E-state index in [-0.39, 0.29) is 19.2 Å². The Morgan fingerprint density at radius 3 is 2.72 bits per heavy atom. The number of fused-ring (bicyclic) bond motifs is 1. The summed E-state index contributed by atoms with van der Waals surface area (Å²) in [7, 11) is 0.